The van der Waals surface area contributed by atoms with Crippen molar-refractivity contribution in [3.63, 3.8) is 0 Å². The van der Waals surface area contributed by atoms with Crippen LogP contribution in [0.2, 0.25) is 0 Å². The Morgan fingerprint density at radius 3 is 2.67 bits per heavy atom. The van der Waals surface area contributed by atoms with E-state index in [0.29, 0.717) is 18.4 Å². The van der Waals surface area contributed by atoms with Crippen molar-refractivity contribution in [2.45, 2.75) is 43.6 Å². The van der Waals surface area contributed by atoms with Gasteiger partial charge in [0, 0.05) is 32.0 Å². The van der Waals surface area contributed by atoms with Crippen LogP contribution in [-0.4, -0.2) is 81.5 Å². The number of carbonyl (C=O) groups excluding carboxylic acids is 1. The lowest BCUT2D eigenvalue weighted by molar-refractivity contribution is -0.147. The van der Waals surface area contributed by atoms with E-state index in [2.05, 4.69) is 21.2 Å². The Balaban J connectivity index is 1.22. The highest BCUT2D eigenvalue weighted by molar-refractivity contribution is 5.77. The fourth-order valence-corrected chi connectivity index (χ4v) is 4.20. The van der Waals surface area contributed by atoms with Gasteiger partial charge in [0.05, 0.1) is 11.8 Å². The first kappa shape index (κ1) is 17.1. The van der Waals surface area contributed by atoms with Gasteiger partial charge in [-0.25, -0.2) is 0 Å². The molecule has 0 spiro atoms. The van der Waals surface area contributed by atoms with E-state index in [1.54, 1.807) is 4.90 Å². The van der Waals surface area contributed by atoms with E-state index in [0.717, 1.165) is 43.9 Å². The molecule has 5 rings (SSSR count). The van der Waals surface area contributed by atoms with Crippen LogP contribution in [0, 0.1) is 0 Å². The lowest BCUT2D eigenvalue weighted by atomic mass is 9.96. The molecule has 0 N–H and O–H groups in total. The number of rotatable bonds is 4. The van der Waals surface area contributed by atoms with Gasteiger partial charge in [-0.3, -0.25) is 4.79 Å². The van der Waals surface area contributed by atoms with E-state index in [9.17, 15) is 4.79 Å². The van der Waals surface area contributed by atoms with Crippen LogP contribution < -0.4 is 0 Å². The molecule has 8 heteroatoms. The number of likely N-dealkylation sites (tertiary alicyclic amines) is 1. The van der Waals surface area contributed by atoms with Gasteiger partial charge in [0.25, 0.3) is 0 Å². The van der Waals surface area contributed by atoms with Gasteiger partial charge in [-0.1, -0.05) is 0 Å². The average Bonchev–Trinajstić information content (AvgIpc) is 3.45. The van der Waals surface area contributed by atoms with Crippen LogP contribution in [0.4, 0.5) is 0 Å². The smallest absolute Gasteiger partial charge is 0.248 e. The van der Waals surface area contributed by atoms with Gasteiger partial charge in [-0.15, -0.1) is 10.2 Å². The zero-order valence-corrected chi connectivity index (χ0v) is 15.8. The van der Waals surface area contributed by atoms with Gasteiger partial charge in [-0.2, -0.15) is 9.61 Å². The maximum Gasteiger partial charge on any atom is 0.248 e. The summed E-state index contributed by atoms with van der Waals surface area (Å²) in [6.45, 7) is 3.80. The number of ether oxygens (including phenoxy) is 1. The number of fused-ring (bicyclic) bond motifs is 1. The molecule has 27 heavy (non-hydrogen) atoms. The number of morpholine rings is 1. The first-order valence-corrected chi connectivity index (χ1v) is 9.97. The summed E-state index contributed by atoms with van der Waals surface area (Å²) in [6, 6.07) is 4.14. The van der Waals surface area contributed by atoms with E-state index >= 15 is 0 Å². The first-order chi connectivity index (χ1) is 13.2. The summed E-state index contributed by atoms with van der Waals surface area (Å²) in [4.78, 5) is 15.8. The second-order valence-corrected chi connectivity index (χ2v) is 8.14. The molecule has 0 radical (unpaired) electrons. The van der Waals surface area contributed by atoms with Crippen molar-refractivity contribution in [1.82, 2.24) is 29.6 Å². The molecule has 2 aromatic rings. The minimum Gasteiger partial charge on any atom is -0.365 e. The normalized spacial score (nSPS) is 25.4. The van der Waals surface area contributed by atoms with E-state index in [1.807, 2.05) is 17.6 Å². The second kappa shape index (κ2) is 6.83. The monoisotopic (exact) mass is 370 g/mol. The summed E-state index contributed by atoms with van der Waals surface area (Å²) in [5, 5.41) is 13.6. The number of hydrogen-bond donors (Lipinski definition) is 0. The fourth-order valence-electron chi connectivity index (χ4n) is 4.20. The molecule has 1 saturated carbocycles. The third-order valence-corrected chi connectivity index (χ3v) is 6.06. The molecule has 3 fully saturated rings. The minimum atomic E-state index is 0.0710. The van der Waals surface area contributed by atoms with Crippen LogP contribution in [0.5, 0.6) is 0 Å². The molecule has 1 amide bonds. The molecular formula is C19H26N6O2. The van der Waals surface area contributed by atoms with E-state index in [-0.39, 0.29) is 18.6 Å². The van der Waals surface area contributed by atoms with Crippen LogP contribution in [0.3, 0.4) is 0 Å². The average molecular weight is 370 g/mol. The lowest BCUT2D eigenvalue weighted by Gasteiger charge is -2.36. The van der Waals surface area contributed by atoms with Crippen LogP contribution >= 0.6 is 0 Å². The van der Waals surface area contributed by atoms with Gasteiger partial charge in [0.15, 0.2) is 11.5 Å². The number of amides is 1. The van der Waals surface area contributed by atoms with Crippen molar-refractivity contribution >= 4 is 11.6 Å². The first-order valence-electron chi connectivity index (χ1n) is 9.97. The lowest BCUT2D eigenvalue weighted by Crippen LogP contribution is -2.49. The van der Waals surface area contributed by atoms with Crippen molar-refractivity contribution < 1.29 is 9.53 Å². The van der Waals surface area contributed by atoms with Crippen LogP contribution in [0.25, 0.3) is 5.65 Å². The third kappa shape index (κ3) is 3.43. The Hall–Kier alpha value is -2.06. The molecule has 1 unspecified atom stereocenters. The van der Waals surface area contributed by atoms with Crippen LogP contribution in [0.15, 0.2) is 12.1 Å². The quantitative estimate of drug-likeness (QED) is 0.800. The van der Waals surface area contributed by atoms with Gasteiger partial charge in [0.2, 0.25) is 5.91 Å². The fraction of sp³-hybridized carbons (Fsp3) is 0.684. The molecule has 144 valence electrons. The Labute approximate surface area is 158 Å². The van der Waals surface area contributed by atoms with Crippen LogP contribution in [0.1, 0.15) is 49.0 Å². The summed E-state index contributed by atoms with van der Waals surface area (Å²) in [5.41, 5.74) is 2.02. The second-order valence-electron chi connectivity index (χ2n) is 8.14. The molecule has 1 atom stereocenters. The van der Waals surface area contributed by atoms with Crippen molar-refractivity contribution in [2.24, 2.45) is 0 Å². The third-order valence-electron chi connectivity index (χ3n) is 6.06. The van der Waals surface area contributed by atoms with E-state index in [1.165, 1.54) is 18.5 Å². The highest BCUT2D eigenvalue weighted by Crippen LogP contribution is 2.39. The maximum absolute atomic E-state index is 11.5. The number of likely N-dealkylation sites (N-methyl/N-ethyl adjacent to an activating group) is 1. The Bertz CT molecular complexity index is 840. The predicted octanol–water partition coefficient (Wildman–Crippen LogP) is 1.04. The summed E-state index contributed by atoms with van der Waals surface area (Å²) in [7, 11) is 1.85. The Kier molecular flexibility index (Phi) is 4.32. The summed E-state index contributed by atoms with van der Waals surface area (Å²) >= 11 is 0. The Morgan fingerprint density at radius 1 is 1.11 bits per heavy atom. The van der Waals surface area contributed by atoms with Gasteiger partial charge < -0.3 is 14.5 Å². The highest BCUT2D eigenvalue weighted by Gasteiger charge is 2.30. The molecule has 3 aliphatic rings. The van der Waals surface area contributed by atoms with Gasteiger partial charge >= 0.3 is 0 Å². The predicted molar refractivity (Wildman–Crippen MR) is 98.5 cm³/mol. The largest absolute Gasteiger partial charge is 0.365 e. The Morgan fingerprint density at radius 2 is 1.93 bits per heavy atom. The number of piperidine rings is 1. The zero-order chi connectivity index (χ0) is 18.4. The van der Waals surface area contributed by atoms with Crippen molar-refractivity contribution in [2.75, 3.05) is 39.8 Å². The highest BCUT2D eigenvalue weighted by atomic mass is 16.5. The van der Waals surface area contributed by atoms with Crippen molar-refractivity contribution in [3.8, 4) is 0 Å². The summed E-state index contributed by atoms with van der Waals surface area (Å²) in [5.74, 6) is 2.11. The molecule has 2 aliphatic heterocycles. The van der Waals surface area contributed by atoms with Gasteiger partial charge in [-0.05, 0) is 50.9 Å². The van der Waals surface area contributed by atoms with Gasteiger partial charge in [0.1, 0.15) is 6.61 Å². The molecule has 1 aliphatic carbocycles. The number of nitrogens with zero attached hydrogens (tertiary/aromatic N) is 6. The zero-order valence-electron chi connectivity index (χ0n) is 15.8. The standard InChI is InChI=1S/C19H26N6O2/c1-23-10-15(27-12-18(23)26)11-24-8-6-14(7-9-24)19-21-20-17-5-4-16(13-2-3-13)22-25(17)19/h4-5,13-15H,2-3,6-12H2,1H3. The topological polar surface area (TPSA) is 75.9 Å². The SMILES string of the molecule is CN1CC(CN2CCC(c3nnc4ccc(C5CC5)nn34)CC2)OCC1=O. The van der Waals surface area contributed by atoms with E-state index in [4.69, 9.17) is 9.84 Å². The summed E-state index contributed by atoms with van der Waals surface area (Å²) < 4.78 is 7.66. The van der Waals surface area contributed by atoms with E-state index < -0.39 is 0 Å². The number of carbonyl (C=O) groups is 1. The van der Waals surface area contributed by atoms with Crippen molar-refractivity contribution in [3.05, 3.63) is 23.7 Å². The maximum atomic E-state index is 11.5. The molecule has 2 saturated heterocycles. The number of aromatic nitrogens is 4. The molecule has 2 aromatic heterocycles. The molecule has 0 bridgehead atoms. The molecular weight excluding hydrogens is 344 g/mol. The molecule has 4 heterocycles. The molecule has 8 nitrogen and oxygen atoms in total. The summed E-state index contributed by atoms with van der Waals surface area (Å²) in [6.07, 6.45) is 4.72. The number of hydrogen-bond acceptors (Lipinski definition) is 6. The molecule has 0 aromatic carbocycles. The minimum absolute atomic E-state index is 0.0710. The van der Waals surface area contributed by atoms with Crippen molar-refractivity contribution in [1.29, 1.82) is 0 Å². The van der Waals surface area contributed by atoms with Crippen LogP contribution in [-0.2, 0) is 9.53 Å².